The maximum Gasteiger partial charge on any atom is 0.172 e. The fraction of sp³-hybridized carbons (Fsp3) is 0.143. The first-order valence-corrected chi connectivity index (χ1v) is 7.72. The SMILES string of the molecule is COc1cc(CNc2cc(Br)ccc2Cl)cc(Br)c1O. The number of ether oxygens (including phenoxy) is 1. The molecule has 3 nitrogen and oxygen atoms in total. The Morgan fingerprint density at radius 2 is 2.00 bits per heavy atom. The van der Waals surface area contributed by atoms with Gasteiger partial charge in [0.25, 0.3) is 0 Å². The molecule has 0 saturated carbocycles. The molecule has 0 heterocycles. The molecule has 0 unspecified atom stereocenters. The summed E-state index contributed by atoms with van der Waals surface area (Å²) in [6, 6.07) is 9.22. The molecule has 0 spiro atoms. The Balaban J connectivity index is 2.19. The first kappa shape index (κ1) is 15.5. The minimum absolute atomic E-state index is 0.0942. The van der Waals surface area contributed by atoms with Gasteiger partial charge in [0.15, 0.2) is 11.5 Å². The van der Waals surface area contributed by atoms with Crippen LogP contribution in [0.1, 0.15) is 5.56 Å². The molecule has 0 aromatic heterocycles. The van der Waals surface area contributed by atoms with Gasteiger partial charge < -0.3 is 15.2 Å². The number of hydrogen-bond acceptors (Lipinski definition) is 3. The molecular formula is C14H12Br2ClNO2. The standard InChI is InChI=1S/C14H12Br2ClNO2/c1-20-13-5-8(4-10(16)14(13)19)7-18-12-6-9(15)2-3-11(12)17/h2-6,18-19H,7H2,1H3. The summed E-state index contributed by atoms with van der Waals surface area (Å²) in [5, 5.41) is 13.7. The fourth-order valence-corrected chi connectivity index (χ4v) is 2.75. The lowest BCUT2D eigenvalue weighted by molar-refractivity contribution is 0.371. The Labute approximate surface area is 139 Å². The second kappa shape index (κ2) is 6.70. The number of aromatic hydroxyl groups is 1. The molecule has 0 fully saturated rings. The summed E-state index contributed by atoms with van der Waals surface area (Å²) in [5.74, 6) is 0.522. The molecule has 0 amide bonds. The van der Waals surface area contributed by atoms with E-state index in [9.17, 15) is 5.11 Å². The average molecular weight is 422 g/mol. The van der Waals surface area contributed by atoms with Crippen LogP contribution < -0.4 is 10.1 Å². The van der Waals surface area contributed by atoms with Crippen LogP contribution in [-0.2, 0) is 6.54 Å². The summed E-state index contributed by atoms with van der Waals surface area (Å²) in [5.41, 5.74) is 1.80. The third-order valence-corrected chi connectivity index (χ3v) is 4.15. The van der Waals surface area contributed by atoms with Crippen molar-refractivity contribution in [1.29, 1.82) is 0 Å². The number of rotatable bonds is 4. The number of halogens is 3. The van der Waals surface area contributed by atoms with E-state index < -0.39 is 0 Å². The van der Waals surface area contributed by atoms with Gasteiger partial charge in [-0.2, -0.15) is 0 Å². The van der Waals surface area contributed by atoms with Crippen molar-refractivity contribution in [3.8, 4) is 11.5 Å². The minimum Gasteiger partial charge on any atom is -0.503 e. The molecule has 106 valence electrons. The van der Waals surface area contributed by atoms with Crippen molar-refractivity contribution in [3.05, 3.63) is 49.9 Å². The highest BCUT2D eigenvalue weighted by molar-refractivity contribution is 9.10. The molecule has 2 aromatic rings. The van der Waals surface area contributed by atoms with Gasteiger partial charge in [-0.05, 0) is 51.8 Å². The van der Waals surface area contributed by atoms with Gasteiger partial charge in [0.05, 0.1) is 22.3 Å². The van der Waals surface area contributed by atoms with Gasteiger partial charge in [0.2, 0.25) is 0 Å². The first-order chi connectivity index (χ1) is 9.51. The van der Waals surface area contributed by atoms with Gasteiger partial charge in [-0.3, -0.25) is 0 Å². The molecule has 0 saturated heterocycles. The van der Waals surface area contributed by atoms with Gasteiger partial charge in [0.1, 0.15) is 0 Å². The maximum absolute atomic E-state index is 9.77. The average Bonchev–Trinajstić information content (AvgIpc) is 2.43. The normalized spacial score (nSPS) is 10.4. The van der Waals surface area contributed by atoms with Crippen LogP contribution in [-0.4, -0.2) is 12.2 Å². The van der Waals surface area contributed by atoms with E-state index in [1.807, 2.05) is 24.3 Å². The van der Waals surface area contributed by atoms with Crippen molar-refractivity contribution < 1.29 is 9.84 Å². The van der Waals surface area contributed by atoms with Crippen molar-refractivity contribution in [3.63, 3.8) is 0 Å². The summed E-state index contributed by atoms with van der Waals surface area (Å²) in [4.78, 5) is 0. The Morgan fingerprint density at radius 1 is 1.25 bits per heavy atom. The Hall–Kier alpha value is -0.910. The lowest BCUT2D eigenvalue weighted by Gasteiger charge is -2.12. The van der Waals surface area contributed by atoms with E-state index in [-0.39, 0.29) is 5.75 Å². The smallest absolute Gasteiger partial charge is 0.172 e. The van der Waals surface area contributed by atoms with Crippen LogP contribution in [0.15, 0.2) is 39.3 Å². The van der Waals surface area contributed by atoms with Crippen LogP contribution in [0.2, 0.25) is 5.02 Å². The second-order valence-electron chi connectivity index (χ2n) is 4.11. The van der Waals surface area contributed by atoms with E-state index in [4.69, 9.17) is 16.3 Å². The lowest BCUT2D eigenvalue weighted by Crippen LogP contribution is -2.00. The lowest BCUT2D eigenvalue weighted by atomic mass is 10.2. The van der Waals surface area contributed by atoms with Gasteiger partial charge in [-0.1, -0.05) is 27.5 Å². The van der Waals surface area contributed by atoms with E-state index in [1.54, 1.807) is 6.07 Å². The summed E-state index contributed by atoms with van der Waals surface area (Å²) in [6.45, 7) is 0.561. The Bertz CT molecular complexity index is 635. The molecule has 0 atom stereocenters. The largest absolute Gasteiger partial charge is 0.503 e. The van der Waals surface area contributed by atoms with Gasteiger partial charge in [-0.15, -0.1) is 0 Å². The van der Waals surface area contributed by atoms with Crippen molar-refractivity contribution in [1.82, 2.24) is 0 Å². The van der Waals surface area contributed by atoms with Gasteiger partial charge >= 0.3 is 0 Å². The number of benzene rings is 2. The molecule has 0 aliphatic carbocycles. The fourth-order valence-electron chi connectivity index (χ4n) is 1.72. The highest BCUT2D eigenvalue weighted by Gasteiger charge is 2.09. The molecule has 20 heavy (non-hydrogen) atoms. The van der Waals surface area contributed by atoms with Crippen LogP contribution in [0, 0.1) is 0 Å². The van der Waals surface area contributed by atoms with Crippen LogP contribution >= 0.6 is 43.5 Å². The zero-order chi connectivity index (χ0) is 14.7. The van der Waals surface area contributed by atoms with Crippen molar-refractivity contribution in [2.45, 2.75) is 6.54 Å². The monoisotopic (exact) mass is 419 g/mol. The molecule has 2 N–H and O–H groups in total. The summed E-state index contributed by atoms with van der Waals surface area (Å²) < 4.78 is 6.66. The molecule has 0 aliphatic rings. The number of nitrogens with one attached hydrogen (secondary N) is 1. The van der Waals surface area contributed by atoms with E-state index in [0.29, 0.717) is 21.8 Å². The van der Waals surface area contributed by atoms with Crippen LogP contribution in [0.5, 0.6) is 11.5 Å². The van der Waals surface area contributed by atoms with Crippen molar-refractivity contribution in [2.24, 2.45) is 0 Å². The van der Waals surface area contributed by atoms with Crippen LogP contribution in [0.4, 0.5) is 5.69 Å². The zero-order valence-corrected chi connectivity index (χ0v) is 14.5. The number of hydrogen-bond donors (Lipinski definition) is 2. The second-order valence-corrected chi connectivity index (χ2v) is 6.28. The Morgan fingerprint density at radius 3 is 2.70 bits per heavy atom. The summed E-state index contributed by atoms with van der Waals surface area (Å²) in [6.07, 6.45) is 0. The third kappa shape index (κ3) is 3.59. The summed E-state index contributed by atoms with van der Waals surface area (Å²) >= 11 is 12.8. The minimum atomic E-state index is 0.0942. The van der Waals surface area contributed by atoms with Crippen molar-refractivity contribution >= 4 is 49.1 Å². The Kier molecular flexibility index (Phi) is 5.18. The molecule has 0 aliphatic heterocycles. The van der Waals surface area contributed by atoms with Crippen molar-refractivity contribution in [2.75, 3.05) is 12.4 Å². The number of phenolic OH excluding ortho intramolecular Hbond substituents is 1. The van der Waals surface area contributed by atoms with Crippen LogP contribution in [0.3, 0.4) is 0 Å². The highest BCUT2D eigenvalue weighted by atomic mass is 79.9. The zero-order valence-electron chi connectivity index (χ0n) is 10.6. The molecule has 2 aromatic carbocycles. The number of methoxy groups -OCH3 is 1. The van der Waals surface area contributed by atoms with Gasteiger partial charge in [0, 0.05) is 11.0 Å². The molecule has 2 rings (SSSR count). The third-order valence-electron chi connectivity index (χ3n) is 2.72. The predicted octanol–water partition coefficient (Wildman–Crippen LogP) is 5.19. The predicted molar refractivity (Wildman–Crippen MR) is 88.8 cm³/mol. The van der Waals surface area contributed by atoms with Crippen LogP contribution in [0.25, 0.3) is 0 Å². The molecule has 6 heteroatoms. The topological polar surface area (TPSA) is 41.5 Å². The quantitative estimate of drug-likeness (QED) is 0.714. The van der Waals surface area contributed by atoms with E-state index >= 15 is 0 Å². The van der Waals surface area contributed by atoms with E-state index in [0.717, 1.165) is 15.7 Å². The number of phenols is 1. The molecule has 0 bridgehead atoms. The first-order valence-electron chi connectivity index (χ1n) is 5.75. The molecular weight excluding hydrogens is 409 g/mol. The van der Waals surface area contributed by atoms with E-state index in [1.165, 1.54) is 7.11 Å². The van der Waals surface area contributed by atoms with Gasteiger partial charge in [-0.25, -0.2) is 0 Å². The number of anilines is 1. The highest BCUT2D eigenvalue weighted by Crippen LogP contribution is 2.35. The molecule has 0 radical (unpaired) electrons. The maximum atomic E-state index is 9.77. The van der Waals surface area contributed by atoms with E-state index in [2.05, 4.69) is 37.2 Å². The summed E-state index contributed by atoms with van der Waals surface area (Å²) in [7, 11) is 1.52.